The number of furan rings is 1. The first kappa shape index (κ1) is 17.5. The minimum Gasteiger partial charge on any atom is -0.459 e. The van der Waals surface area contributed by atoms with E-state index in [0.717, 1.165) is 0 Å². The van der Waals surface area contributed by atoms with Gasteiger partial charge in [0.1, 0.15) is 5.69 Å². The highest BCUT2D eigenvalue weighted by Crippen LogP contribution is 2.23. The van der Waals surface area contributed by atoms with Gasteiger partial charge in [0.25, 0.3) is 11.6 Å². The topological polar surface area (TPSA) is 118 Å². The summed E-state index contributed by atoms with van der Waals surface area (Å²) in [6.07, 6.45) is 2.75. The number of nitro benzene ring substituents is 1. The summed E-state index contributed by atoms with van der Waals surface area (Å²) in [5.41, 5.74) is 5.17. The molecule has 1 aliphatic rings. The zero-order valence-electron chi connectivity index (χ0n) is 13.9. The van der Waals surface area contributed by atoms with Crippen LogP contribution in [0.25, 0.3) is 0 Å². The van der Waals surface area contributed by atoms with Crippen LogP contribution in [0.5, 0.6) is 0 Å². The lowest BCUT2D eigenvalue weighted by Crippen LogP contribution is -2.46. The van der Waals surface area contributed by atoms with E-state index in [-0.39, 0.29) is 35.5 Å². The van der Waals surface area contributed by atoms with Crippen LogP contribution in [0, 0.1) is 16.0 Å². The number of para-hydroxylation sites is 2. The zero-order valence-corrected chi connectivity index (χ0v) is 13.9. The van der Waals surface area contributed by atoms with Crippen LogP contribution in [0.1, 0.15) is 23.4 Å². The second-order valence-electron chi connectivity index (χ2n) is 5.96. The summed E-state index contributed by atoms with van der Waals surface area (Å²) in [6, 6.07) is 9.25. The predicted molar refractivity (Wildman–Crippen MR) is 92.2 cm³/mol. The molecule has 26 heavy (non-hydrogen) atoms. The molecule has 0 spiro atoms. The number of hydrogen-bond donors (Lipinski definition) is 2. The van der Waals surface area contributed by atoms with Crippen LogP contribution in [0.4, 0.5) is 11.4 Å². The normalized spacial score (nSPS) is 16.8. The van der Waals surface area contributed by atoms with Crippen molar-refractivity contribution in [1.82, 2.24) is 10.3 Å². The van der Waals surface area contributed by atoms with Crippen molar-refractivity contribution in [2.45, 2.75) is 12.8 Å². The van der Waals surface area contributed by atoms with Crippen LogP contribution in [-0.2, 0) is 4.79 Å². The van der Waals surface area contributed by atoms with Crippen LogP contribution in [0.15, 0.2) is 47.1 Å². The molecule has 0 saturated carbocycles. The lowest BCUT2D eigenvalue weighted by Gasteiger charge is -2.31. The Morgan fingerprint density at radius 1 is 1.23 bits per heavy atom. The Balaban J connectivity index is 1.60. The van der Waals surface area contributed by atoms with Gasteiger partial charge in [0.05, 0.1) is 17.1 Å². The summed E-state index contributed by atoms with van der Waals surface area (Å²) in [5.74, 6) is -0.735. The number of carbonyl (C=O) groups is 2. The molecule has 2 heterocycles. The van der Waals surface area contributed by atoms with Gasteiger partial charge in [-0.3, -0.25) is 30.6 Å². The maximum Gasteiger partial charge on any atom is 0.294 e. The molecule has 2 aromatic rings. The maximum atomic E-state index is 12.4. The minimum atomic E-state index is -0.529. The van der Waals surface area contributed by atoms with Gasteiger partial charge in [-0.15, -0.1) is 0 Å². The van der Waals surface area contributed by atoms with Crippen LogP contribution in [-0.4, -0.2) is 34.7 Å². The van der Waals surface area contributed by atoms with Crippen LogP contribution < -0.4 is 10.9 Å². The molecule has 9 heteroatoms. The Kier molecular flexibility index (Phi) is 5.16. The van der Waals surface area contributed by atoms with Crippen LogP contribution >= 0.6 is 0 Å². The summed E-state index contributed by atoms with van der Waals surface area (Å²) < 4.78 is 5.12. The largest absolute Gasteiger partial charge is 0.459 e. The van der Waals surface area contributed by atoms with E-state index in [4.69, 9.17) is 4.42 Å². The Bertz CT molecular complexity index is 805. The first-order chi connectivity index (χ1) is 12.6. The van der Waals surface area contributed by atoms with Gasteiger partial charge in [0, 0.05) is 19.2 Å². The van der Waals surface area contributed by atoms with Gasteiger partial charge in [-0.2, -0.15) is 0 Å². The first-order valence-electron chi connectivity index (χ1n) is 8.18. The highest BCUT2D eigenvalue weighted by molar-refractivity contribution is 5.92. The van der Waals surface area contributed by atoms with E-state index >= 15 is 0 Å². The third-order valence-corrected chi connectivity index (χ3v) is 4.23. The molecule has 1 atom stereocenters. The molecule has 0 aliphatic carbocycles. The molecular formula is C17H18N4O5. The minimum absolute atomic E-state index is 0.133. The number of carbonyl (C=O) groups excluding carboxylic acids is 2. The number of nitrogens with zero attached hydrogens (tertiary/aromatic N) is 2. The Hall–Kier alpha value is -3.36. The van der Waals surface area contributed by atoms with Crippen molar-refractivity contribution in [3.05, 3.63) is 58.5 Å². The van der Waals surface area contributed by atoms with Gasteiger partial charge in [0.2, 0.25) is 5.91 Å². The van der Waals surface area contributed by atoms with Crippen LogP contribution in [0.2, 0.25) is 0 Å². The van der Waals surface area contributed by atoms with Crippen molar-refractivity contribution in [3.63, 3.8) is 0 Å². The molecule has 1 aromatic heterocycles. The summed E-state index contributed by atoms with van der Waals surface area (Å²) in [4.78, 5) is 36.8. The summed E-state index contributed by atoms with van der Waals surface area (Å²) >= 11 is 0. The second-order valence-corrected chi connectivity index (χ2v) is 5.96. The average molecular weight is 358 g/mol. The zero-order chi connectivity index (χ0) is 18.5. The number of amides is 2. The molecule has 0 bridgehead atoms. The van der Waals surface area contributed by atoms with Gasteiger partial charge < -0.3 is 9.32 Å². The molecule has 2 N–H and O–H groups in total. The Labute approximate surface area is 149 Å². The number of piperidine rings is 1. The third kappa shape index (κ3) is 3.82. The van der Waals surface area contributed by atoms with Gasteiger partial charge in [0.15, 0.2) is 5.76 Å². The molecule has 0 radical (unpaired) electrons. The van der Waals surface area contributed by atoms with E-state index in [1.807, 2.05) is 0 Å². The number of nitrogens with one attached hydrogen (secondary N) is 2. The molecule has 1 fully saturated rings. The van der Waals surface area contributed by atoms with E-state index in [1.165, 1.54) is 18.4 Å². The van der Waals surface area contributed by atoms with Crippen molar-refractivity contribution < 1.29 is 18.9 Å². The third-order valence-electron chi connectivity index (χ3n) is 4.23. The monoisotopic (exact) mass is 358 g/mol. The van der Waals surface area contributed by atoms with E-state index in [2.05, 4.69) is 10.9 Å². The molecular weight excluding hydrogens is 340 g/mol. The quantitative estimate of drug-likeness (QED) is 0.625. The lowest BCUT2D eigenvalue weighted by atomic mass is 9.97. The van der Waals surface area contributed by atoms with Gasteiger partial charge in [-0.05, 0) is 31.0 Å². The number of benzene rings is 1. The number of anilines is 1. The van der Waals surface area contributed by atoms with Crippen LogP contribution in [0.3, 0.4) is 0 Å². The SMILES string of the molecule is O=C(NNc1ccccc1[N+](=O)[O-])[C@H]1CCCN(C(=O)c2ccco2)C1. The van der Waals surface area contributed by atoms with Crippen molar-refractivity contribution in [2.24, 2.45) is 5.92 Å². The molecule has 1 saturated heterocycles. The number of rotatable bonds is 5. The fourth-order valence-electron chi connectivity index (χ4n) is 2.90. The van der Waals surface area contributed by atoms with Gasteiger partial charge >= 0.3 is 0 Å². The van der Waals surface area contributed by atoms with Crippen molar-refractivity contribution in [3.8, 4) is 0 Å². The van der Waals surface area contributed by atoms with Gasteiger partial charge in [-0.1, -0.05) is 12.1 Å². The Morgan fingerprint density at radius 3 is 2.77 bits per heavy atom. The number of hydrogen-bond acceptors (Lipinski definition) is 6. The van der Waals surface area contributed by atoms with E-state index in [0.29, 0.717) is 19.4 Å². The average Bonchev–Trinajstić information content (AvgIpc) is 3.20. The number of likely N-dealkylation sites (tertiary alicyclic amines) is 1. The molecule has 3 rings (SSSR count). The smallest absolute Gasteiger partial charge is 0.294 e. The molecule has 1 aliphatic heterocycles. The molecule has 0 unspecified atom stereocenters. The lowest BCUT2D eigenvalue weighted by molar-refractivity contribution is -0.384. The molecule has 9 nitrogen and oxygen atoms in total. The highest BCUT2D eigenvalue weighted by atomic mass is 16.6. The molecule has 136 valence electrons. The van der Waals surface area contributed by atoms with E-state index in [1.54, 1.807) is 29.2 Å². The van der Waals surface area contributed by atoms with Crippen molar-refractivity contribution in [1.29, 1.82) is 0 Å². The predicted octanol–water partition coefficient (Wildman–Crippen LogP) is 2.18. The summed E-state index contributed by atoms with van der Waals surface area (Å²) in [5, 5.41) is 11.0. The van der Waals surface area contributed by atoms with E-state index < -0.39 is 10.8 Å². The van der Waals surface area contributed by atoms with Crippen molar-refractivity contribution in [2.75, 3.05) is 18.5 Å². The number of nitro groups is 1. The van der Waals surface area contributed by atoms with Gasteiger partial charge in [-0.25, -0.2) is 0 Å². The first-order valence-corrected chi connectivity index (χ1v) is 8.18. The summed E-state index contributed by atoms with van der Waals surface area (Å²) in [7, 11) is 0. The maximum absolute atomic E-state index is 12.4. The summed E-state index contributed by atoms with van der Waals surface area (Å²) in [6.45, 7) is 0.824. The number of hydrazine groups is 1. The standard InChI is InChI=1S/C17H18N4O5/c22-16(19-18-13-6-1-2-7-14(13)21(24)25)12-5-3-9-20(11-12)17(23)15-8-4-10-26-15/h1-2,4,6-8,10,12,18H,3,5,9,11H2,(H,19,22)/t12-/m0/s1. The fourth-order valence-corrected chi connectivity index (χ4v) is 2.90. The fraction of sp³-hybridized carbons (Fsp3) is 0.294. The second kappa shape index (κ2) is 7.68. The highest BCUT2D eigenvalue weighted by Gasteiger charge is 2.30. The van der Waals surface area contributed by atoms with E-state index in [9.17, 15) is 19.7 Å². The Morgan fingerprint density at radius 2 is 2.04 bits per heavy atom. The molecule has 1 aromatic carbocycles. The molecule has 2 amide bonds. The van der Waals surface area contributed by atoms with Crippen molar-refractivity contribution >= 4 is 23.2 Å².